The number of H-pyrrole nitrogens is 1. The summed E-state index contributed by atoms with van der Waals surface area (Å²) < 4.78 is 2.09. The molecule has 1 aliphatic heterocycles. The van der Waals surface area contributed by atoms with Crippen LogP contribution in [0.15, 0.2) is 24.8 Å². The number of hydrogen-bond donors (Lipinski definition) is 1. The number of carbonyl (C=O) groups is 1. The number of amides is 1. The Labute approximate surface area is 124 Å². The lowest BCUT2D eigenvalue weighted by Gasteiger charge is -2.32. The van der Waals surface area contributed by atoms with E-state index in [2.05, 4.69) is 26.7 Å². The van der Waals surface area contributed by atoms with E-state index < -0.39 is 0 Å². The first kappa shape index (κ1) is 13.9. The number of imidazole rings is 1. The lowest BCUT2D eigenvalue weighted by atomic mass is 10.1. The number of rotatable bonds is 4. The number of carbonyl (C=O) groups excluding carboxylic acids is 1. The highest BCUT2D eigenvalue weighted by Gasteiger charge is 2.26. The fourth-order valence-electron chi connectivity index (χ4n) is 2.90. The largest absolute Gasteiger partial charge is 0.335 e. The van der Waals surface area contributed by atoms with Crippen molar-refractivity contribution in [3.05, 3.63) is 36.2 Å². The SMILES string of the molecule is CCCc1cc(C(=O)N2CCC[C@@H](n3ccnc3)C2)n[nH]1. The van der Waals surface area contributed by atoms with Crippen LogP contribution in [0.5, 0.6) is 0 Å². The van der Waals surface area contributed by atoms with Gasteiger partial charge in [-0.2, -0.15) is 5.10 Å². The minimum absolute atomic E-state index is 0.0263. The van der Waals surface area contributed by atoms with Crippen LogP contribution in [0.4, 0.5) is 0 Å². The Hall–Kier alpha value is -2.11. The minimum Gasteiger partial charge on any atom is -0.335 e. The summed E-state index contributed by atoms with van der Waals surface area (Å²) >= 11 is 0. The maximum Gasteiger partial charge on any atom is 0.274 e. The molecule has 3 rings (SSSR count). The van der Waals surface area contributed by atoms with Gasteiger partial charge in [0, 0.05) is 31.2 Å². The fourth-order valence-corrected chi connectivity index (χ4v) is 2.90. The van der Waals surface area contributed by atoms with Crippen molar-refractivity contribution in [1.82, 2.24) is 24.6 Å². The molecule has 0 aliphatic carbocycles. The summed E-state index contributed by atoms with van der Waals surface area (Å²) in [6, 6.07) is 2.20. The maximum atomic E-state index is 12.6. The summed E-state index contributed by atoms with van der Waals surface area (Å²) in [6.45, 7) is 3.65. The average molecular weight is 287 g/mol. The van der Waals surface area contributed by atoms with Crippen molar-refractivity contribution in [2.75, 3.05) is 13.1 Å². The predicted octanol–water partition coefficient (Wildman–Crippen LogP) is 2.04. The van der Waals surface area contributed by atoms with Crippen molar-refractivity contribution in [3.63, 3.8) is 0 Å². The molecule has 112 valence electrons. The number of piperidine rings is 1. The van der Waals surface area contributed by atoms with Crippen LogP contribution in [0.3, 0.4) is 0 Å². The zero-order chi connectivity index (χ0) is 14.7. The van der Waals surface area contributed by atoms with Gasteiger partial charge < -0.3 is 9.47 Å². The second-order valence-corrected chi connectivity index (χ2v) is 5.59. The van der Waals surface area contributed by atoms with Crippen LogP contribution in [0.25, 0.3) is 0 Å². The second kappa shape index (κ2) is 6.11. The van der Waals surface area contributed by atoms with Crippen LogP contribution < -0.4 is 0 Å². The average Bonchev–Trinajstić information content (AvgIpc) is 3.18. The van der Waals surface area contributed by atoms with E-state index in [4.69, 9.17) is 0 Å². The van der Waals surface area contributed by atoms with Crippen LogP contribution in [0.1, 0.15) is 48.4 Å². The highest BCUT2D eigenvalue weighted by Crippen LogP contribution is 2.22. The van der Waals surface area contributed by atoms with E-state index >= 15 is 0 Å². The van der Waals surface area contributed by atoms with Crippen LogP contribution in [-0.4, -0.2) is 43.6 Å². The topological polar surface area (TPSA) is 66.8 Å². The lowest BCUT2D eigenvalue weighted by Crippen LogP contribution is -2.40. The molecular formula is C15H21N5O. The third kappa shape index (κ3) is 2.99. The van der Waals surface area contributed by atoms with Gasteiger partial charge in [0.05, 0.1) is 12.4 Å². The highest BCUT2D eigenvalue weighted by atomic mass is 16.2. The van der Waals surface area contributed by atoms with Gasteiger partial charge in [-0.25, -0.2) is 4.98 Å². The molecule has 1 aliphatic rings. The Kier molecular flexibility index (Phi) is 4.03. The number of hydrogen-bond acceptors (Lipinski definition) is 3. The normalized spacial score (nSPS) is 18.9. The van der Waals surface area contributed by atoms with Crippen molar-refractivity contribution in [2.45, 2.75) is 38.6 Å². The lowest BCUT2D eigenvalue weighted by molar-refractivity contribution is 0.0673. The predicted molar refractivity (Wildman–Crippen MR) is 79.0 cm³/mol. The summed E-state index contributed by atoms with van der Waals surface area (Å²) in [4.78, 5) is 18.5. The zero-order valence-corrected chi connectivity index (χ0v) is 12.3. The van der Waals surface area contributed by atoms with Crippen molar-refractivity contribution in [1.29, 1.82) is 0 Å². The Balaban J connectivity index is 1.68. The molecule has 1 amide bonds. The van der Waals surface area contributed by atoms with E-state index in [1.807, 2.05) is 23.5 Å². The molecular weight excluding hydrogens is 266 g/mol. The van der Waals surface area contributed by atoms with Crippen molar-refractivity contribution in [2.24, 2.45) is 0 Å². The fraction of sp³-hybridized carbons (Fsp3) is 0.533. The van der Waals surface area contributed by atoms with Gasteiger partial charge in [0.15, 0.2) is 0 Å². The van der Waals surface area contributed by atoms with E-state index in [0.717, 1.165) is 44.5 Å². The van der Waals surface area contributed by atoms with E-state index in [1.165, 1.54) is 0 Å². The minimum atomic E-state index is 0.0263. The van der Waals surface area contributed by atoms with Gasteiger partial charge in [-0.1, -0.05) is 13.3 Å². The molecule has 0 saturated carbocycles. The third-order valence-corrected chi connectivity index (χ3v) is 4.00. The first-order chi connectivity index (χ1) is 10.3. The van der Waals surface area contributed by atoms with Gasteiger partial charge in [0.2, 0.25) is 0 Å². The number of nitrogens with one attached hydrogen (secondary N) is 1. The van der Waals surface area contributed by atoms with E-state index in [-0.39, 0.29) is 5.91 Å². The standard InChI is InChI=1S/C15H21N5O/c1-2-4-12-9-14(18-17-12)15(21)19-7-3-5-13(10-19)20-8-6-16-11-20/h6,8-9,11,13H,2-5,7,10H2,1H3,(H,17,18)/t13-/m1/s1. The van der Waals surface area contributed by atoms with Gasteiger partial charge >= 0.3 is 0 Å². The molecule has 1 atom stereocenters. The number of likely N-dealkylation sites (tertiary alicyclic amines) is 1. The molecule has 0 unspecified atom stereocenters. The molecule has 1 saturated heterocycles. The van der Waals surface area contributed by atoms with Crippen LogP contribution in [0, 0.1) is 0 Å². The van der Waals surface area contributed by atoms with Crippen LogP contribution in [-0.2, 0) is 6.42 Å². The van der Waals surface area contributed by atoms with Crippen molar-refractivity contribution >= 4 is 5.91 Å². The number of aromatic nitrogens is 4. The molecule has 6 heteroatoms. The quantitative estimate of drug-likeness (QED) is 0.935. The third-order valence-electron chi connectivity index (χ3n) is 4.00. The highest BCUT2D eigenvalue weighted by molar-refractivity contribution is 5.92. The van der Waals surface area contributed by atoms with Crippen LogP contribution in [0.2, 0.25) is 0 Å². The first-order valence-corrected chi connectivity index (χ1v) is 7.59. The summed E-state index contributed by atoms with van der Waals surface area (Å²) in [7, 11) is 0. The summed E-state index contributed by atoms with van der Waals surface area (Å²) in [6.07, 6.45) is 9.65. The molecule has 0 bridgehead atoms. The molecule has 0 radical (unpaired) electrons. The second-order valence-electron chi connectivity index (χ2n) is 5.59. The van der Waals surface area contributed by atoms with Crippen molar-refractivity contribution in [3.8, 4) is 0 Å². The molecule has 6 nitrogen and oxygen atoms in total. The Morgan fingerprint density at radius 2 is 2.43 bits per heavy atom. The van der Waals surface area contributed by atoms with Gasteiger partial charge in [-0.3, -0.25) is 9.89 Å². The molecule has 1 fully saturated rings. The maximum absolute atomic E-state index is 12.6. The van der Waals surface area contributed by atoms with Gasteiger partial charge in [0.25, 0.3) is 5.91 Å². The van der Waals surface area contributed by atoms with Crippen LogP contribution >= 0.6 is 0 Å². The zero-order valence-electron chi connectivity index (χ0n) is 12.3. The van der Waals surface area contributed by atoms with E-state index in [0.29, 0.717) is 11.7 Å². The monoisotopic (exact) mass is 287 g/mol. The first-order valence-electron chi connectivity index (χ1n) is 7.59. The van der Waals surface area contributed by atoms with Gasteiger partial charge in [-0.15, -0.1) is 0 Å². The molecule has 1 N–H and O–H groups in total. The number of nitrogens with zero attached hydrogens (tertiary/aromatic N) is 4. The molecule has 2 aromatic heterocycles. The summed E-state index contributed by atoms with van der Waals surface area (Å²) in [5, 5.41) is 7.12. The van der Waals surface area contributed by atoms with E-state index in [9.17, 15) is 4.79 Å². The molecule has 0 spiro atoms. The number of aromatic amines is 1. The molecule has 3 heterocycles. The van der Waals surface area contributed by atoms with E-state index in [1.54, 1.807) is 6.20 Å². The smallest absolute Gasteiger partial charge is 0.274 e. The van der Waals surface area contributed by atoms with Crippen molar-refractivity contribution < 1.29 is 4.79 Å². The molecule has 0 aromatic carbocycles. The summed E-state index contributed by atoms with van der Waals surface area (Å²) in [5.74, 6) is 0.0263. The van der Waals surface area contributed by atoms with Gasteiger partial charge in [0.1, 0.15) is 5.69 Å². The van der Waals surface area contributed by atoms with Gasteiger partial charge in [-0.05, 0) is 25.3 Å². The molecule has 2 aromatic rings. The molecule has 21 heavy (non-hydrogen) atoms. The Morgan fingerprint density at radius 1 is 1.52 bits per heavy atom. The Bertz CT molecular complexity index is 589. The summed E-state index contributed by atoms with van der Waals surface area (Å²) in [5.41, 5.74) is 1.56. The Morgan fingerprint density at radius 3 is 3.19 bits per heavy atom. The number of aryl methyl sites for hydroxylation is 1.